The average molecular weight is 409 g/mol. The molecule has 3 nitrogen and oxygen atoms in total. The van der Waals surface area contributed by atoms with Crippen LogP contribution in [-0.4, -0.2) is 22.3 Å². The second kappa shape index (κ2) is 23.2. The molecule has 170 valence electrons. The van der Waals surface area contributed by atoms with E-state index in [1.807, 2.05) is 12.2 Å². The van der Waals surface area contributed by atoms with Crippen LogP contribution in [0.15, 0.2) is 24.8 Å². The second-order valence-electron chi connectivity index (χ2n) is 8.44. The molecule has 0 fully saturated rings. The maximum absolute atomic E-state index is 10.5. The molecule has 3 heteroatoms. The standard InChI is InChI=1S/C26H48O3/c1-2-3-4-5-6-7-8-9-10-11-12-13-14-15-16-17-18-19-20-21-22-23-24-25(27)26(28)29/h2,22-23,25,27H,1,3-21,24H2,(H,28,29)/b23-22+. The predicted molar refractivity (Wildman–Crippen MR) is 125 cm³/mol. The van der Waals surface area contributed by atoms with Gasteiger partial charge in [0.15, 0.2) is 6.10 Å². The highest BCUT2D eigenvalue weighted by molar-refractivity contribution is 5.72. The lowest BCUT2D eigenvalue weighted by molar-refractivity contribution is -0.146. The summed E-state index contributed by atoms with van der Waals surface area (Å²) in [4.78, 5) is 10.5. The summed E-state index contributed by atoms with van der Waals surface area (Å²) in [5.74, 6) is -1.14. The van der Waals surface area contributed by atoms with Crippen LogP contribution in [0.4, 0.5) is 0 Å². The molecular formula is C26H48O3. The molecule has 0 saturated heterocycles. The van der Waals surface area contributed by atoms with Gasteiger partial charge in [0, 0.05) is 6.42 Å². The van der Waals surface area contributed by atoms with Crippen molar-refractivity contribution in [1.29, 1.82) is 0 Å². The molecule has 1 unspecified atom stereocenters. The molecule has 0 aliphatic carbocycles. The van der Waals surface area contributed by atoms with Gasteiger partial charge in [-0.15, -0.1) is 6.58 Å². The zero-order valence-electron chi connectivity index (χ0n) is 19.0. The van der Waals surface area contributed by atoms with E-state index in [9.17, 15) is 4.79 Å². The van der Waals surface area contributed by atoms with Crippen molar-refractivity contribution in [3.8, 4) is 0 Å². The number of unbranched alkanes of at least 4 members (excludes halogenated alkanes) is 18. The first-order valence-electron chi connectivity index (χ1n) is 12.3. The number of aliphatic hydroxyl groups excluding tert-OH is 1. The number of carboxylic acids is 1. The number of hydrogen-bond donors (Lipinski definition) is 2. The van der Waals surface area contributed by atoms with Crippen molar-refractivity contribution in [2.24, 2.45) is 0 Å². The average Bonchev–Trinajstić information content (AvgIpc) is 2.71. The van der Waals surface area contributed by atoms with Crippen LogP contribution in [0.5, 0.6) is 0 Å². The number of allylic oxidation sites excluding steroid dienone is 2. The Balaban J connectivity index is 3.11. The summed E-state index contributed by atoms with van der Waals surface area (Å²) in [7, 11) is 0. The molecule has 0 spiro atoms. The van der Waals surface area contributed by atoms with E-state index in [-0.39, 0.29) is 6.42 Å². The van der Waals surface area contributed by atoms with Gasteiger partial charge in [0.25, 0.3) is 0 Å². The van der Waals surface area contributed by atoms with Crippen molar-refractivity contribution in [2.45, 2.75) is 135 Å². The molecule has 0 aliphatic heterocycles. The summed E-state index contributed by atoms with van der Waals surface area (Å²) < 4.78 is 0. The second-order valence-corrected chi connectivity index (χ2v) is 8.44. The van der Waals surface area contributed by atoms with Crippen LogP contribution in [0.1, 0.15) is 128 Å². The molecule has 29 heavy (non-hydrogen) atoms. The third-order valence-corrected chi connectivity index (χ3v) is 5.59. The Labute approximate surface area is 180 Å². The maximum Gasteiger partial charge on any atom is 0.332 e. The zero-order valence-corrected chi connectivity index (χ0v) is 19.0. The van der Waals surface area contributed by atoms with Gasteiger partial charge in [0.05, 0.1) is 0 Å². The monoisotopic (exact) mass is 408 g/mol. The van der Waals surface area contributed by atoms with E-state index in [0.29, 0.717) is 0 Å². The van der Waals surface area contributed by atoms with Gasteiger partial charge in [0.2, 0.25) is 0 Å². The molecule has 0 heterocycles. The molecule has 0 bridgehead atoms. The molecule has 0 saturated carbocycles. The first-order chi connectivity index (χ1) is 14.2. The summed E-state index contributed by atoms with van der Waals surface area (Å²) >= 11 is 0. The lowest BCUT2D eigenvalue weighted by atomic mass is 10.0. The highest BCUT2D eigenvalue weighted by Gasteiger charge is 2.09. The number of aliphatic hydroxyl groups is 1. The number of rotatable bonds is 23. The van der Waals surface area contributed by atoms with Crippen LogP contribution in [0.3, 0.4) is 0 Å². The summed E-state index contributed by atoms with van der Waals surface area (Å²) in [5.41, 5.74) is 0. The Morgan fingerprint density at radius 1 is 0.621 bits per heavy atom. The minimum Gasteiger partial charge on any atom is -0.479 e. The van der Waals surface area contributed by atoms with E-state index in [1.165, 1.54) is 109 Å². The quantitative estimate of drug-likeness (QED) is 0.133. The van der Waals surface area contributed by atoms with E-state index in [4.69, 9.17) is 10.2 Å². The Bertz CT molecular complexity index is 389. The van der Waals surface area contributed by atoms with Crippen LogP contribution >= 0.6 is 0 Å². The maximum atomic E-state index is 10.5. The van der Waals surface area contributed by atoms with E-state index < -0.39 is 12.1 Å². The van der Waals surface area contributed by atoms with Crippen molar-refractivity contribution in [2.75, 3.05) is 0 Å². The summed E-state index contributed by atoms with van der Waals surface area (Å²) in [6, 6.07) is 0. The molecule has 0 rings (SSSR count). The first-order valence-corrected chi connectivity index (χ1v) is 12.3. The number of carboxylic acid groups (broad SMARTS) is 1. The molecule has 0 aromatic carbocycles. The normalized spacial score (nSPS) is 12.4. The van der Waals surface area contributed by atoms with Crippen LogP contribution in [-0.2, 0) is 4.79 Å². The van der Waals surface area contributed by atoms with Crippen molar-refractivity contribution in [3.05, 3.63) is 24.8 Å². The van der Waals surface area contributed by atoms with Gasteiger partial charge >= 0.3 is 5.97 Å². The SMILES string of the molecule is C=CCCCCCCCCCCCCCCCCCCC/C=C/CC(O)C(=O)O. The predicted octanol–water partition coefficient (Wildman–Crippen LogP) is 7.98. The van der Waals surface area contributed by atoms with Crippen molar-refractivity contribution in [3.63, 3.8) is 0 Å². The Morgan fingerprint density at radius 3 is 1.31 bits per heavy atom. The van der Waals surface area contributed by atoms with E-state index in [2.05, 4.69) is 6.58 Å². The van der Waals surface area contributed by atoms with Gasteiger partial charge in [0.1, 0.15) is 0 Å². The number of carbonyl (C=O) groups is 1. The van der Waals surface area contributed by atoms with Crippen LogP contribution in [0.25, 0.3) is 0 Å². The van der Waals surface area contributed by atoms with Crippen molar-refractivity contribution in [1.82, 2.24) is 0 Å². The minimum atomic E-state index is -1.26. The fourth-order valence-electron chi connectivity index (χ4n) is 3.65. The van der Waals surface area contributed by atoms with Gasteiger partial charge in [-0.25, -0.2) is 4.79 Å². The molecule has 0 aromatic heterocycles. The lowest BCUT2D eigenvalue weighted by Gasteiger charge is -2.03. The van der Waals surface area contributed by atoms with Gasteiger partial charge < -0.3 is 10.2 Å². The fourth-order valence-corrected chi connectivity index (χ4v) is 3.65. The Hall–Kier alpha value is -1.09. The molecule has 0 aliphatic rings. The molecule has 0 radical (unpaired) electrons. The largest absolute Gasteiger partial charge is 0.479 e. The molecule has 0 aromatic rings. The van der Waals surface area contributed by atoms with Crippen molar-refractivity contribution >= 4 is 5.97 Å². The first kappa shape index (κ1) is 27.9. The van der Waals surface area contributed by atoms with E-state index >= 15 is 0 Å². The summed E-state index contributed by atoms with van der Waals surface area (Å²) in [6.07, 6.45) is 30.2. The minimum absolute atomic E-state index is 0.214. The smallest absolute Gasteiger partial charge is 0.332 e. The highest BCUT2D eigenvalue weighted by Crippen LogP contribution is 2.14. The lowest BCUT2D eigenvalue weighted by Crippen LogP contribution is -2.17. The molecular weight excluding hydrogens is 360 g/mol. The summed E-state index contributed by atoms with van der Waals surface area (Å²) in [6.45, 7) is 3.77. The van der Waals surface area contributed by atoms with E-state index in [1.54, 1.807) is 6.08 Å². The van der Waals surface area contributed by atoms with Gasteiger partial charge in [-0.05, 0) is 25.7 Å². The van der Waals surface area contributed by atoms with E-state index in [0.717, 1.165) is 12.8 Å². The molecule has 0 amide bonds. The van der Waals surface area contributed by atoms with Gasteiger partial charge in [-0.2, -0.15) is 0 Å². The Kier molecular flexibility index (Phi) is 22.3. The highest BCUT2D eigenvalue weighted by atomic mass is 16.4. The summed E-state index contributed by atoms with van der Waals surface area (Å²) in [5, 5.41) is 17.7. The van der Waals surface area contributed by atoms with Gasteiger partial charge in [-0.3, -0.25) is 0 Å². The fraction of sp³-hybridized carbons (Fsp3) is 0.808. The van der Waals surface area contributed by atoms with Crippen molar-refractivity contribution < 1.29 is 15.0 Å². The number of aliphatic carboxylic acids is 1. The van der Waals surface area contributed by atoms with Crippen LogP contribution in [0, 0.1) is 0 Å². The molecule has 2 N–H and O–H groups in total. The number of hydrogen-bond acceptors (Lipinski definition) is 2. The third-order valence-electron chi connectivity index (χ3n) is 5.59. The topological polar surface area (TPSA) is 57.5 Å². The molecule has 1 atom stereocenters. The third kappa shape index (κ3) is 23.1. The Morgan fingerprint density at radius 2 is 0.966 bits per heavy atom. The van der Waals surface area contributed by atoms with Crippen LogP contribution in [0.2, 0.25) is 0 Å². The van der Waals surface area contributed by atoms with Crippen LogP contribution < -0.4 is 0 Å². The van der Waals surface area contributed by atoms with Gasteiger partial charge in [-0.1, -0.05) is 115 Å². The zero-order chi connectivity index (χ0) is 21.4.